The fourth-order valence-electron chi connectivity index (χ4n) is 4.19. The van der Waals surface area contributed by atoms with Gasteiger partial charge in [-0.2, -0.15) is 0 Å². The van der Waals surface area contributed by atoms with Crippen molar-refractivity contribution in [3.63, 3.8) is 0 Å². The Bertz CT molecular complexity index is 973. The zero-order valence-corrected chi connectivity index (χ0v) is 17.5. The Labute approximate surface area is 176 Å². The Kier molecular flexibility index (Phi) is 6.35. The van der Waals surface area contributed by atoms with E-state index in [2.05, 4.69) is 17.0 Å². The summed E-state index contributed by atoms with van der Waals surface area (Å²) in [4.78, 5) is 14.9. The first-order valence-electron chi connectivity index (χ1n) is 10.3. The monoisotopic (exact) mass is 408 g/mol. The molecule has 0 aliphatic carbocycles. The quantitative estimate of drug-likeness (QED) is 0.555. The predicted octanol–water partition coefficient (Wildman–Crippen LogP) is 4.66. The number of carbonyl (C=O) groups excluding carboxylic acids is 1. The Morgan fingerprint density at radius 3 is 2.47 bits per heavy atom. The minimum atomic E-state index is -0.368. The molecule has 0 spiro atoms. The van der Waals surface area contributed by atoms with E-state index in [0.29, 0.717) is 5.92 Å². The van der Waals surface area contributed by atoms with Gasteiger partial charge >= 0.3 is 6.09 Å². The molecule has 3 aromatic rings. The standard InChI is InChI=1S/C24H28N2O4/c1-28-23(29-2)19-10-13-25(14-11-19)21-8-9-22-20(16-21)12-15-26(22)24(27)30-17-18-6-4-3-5-7-18/h3-9,12,15-16,19,23H,10-11,13-14,17H2,1-2H3. The van der Waals surface area contributed by atoms with Crippen LogP contribution < -0.4 is 4.90 Å². The molecule has 2 heterocycles. The van der Waals surface area contributed by atoms with E-state index in [1.54, 1.807) is 25.0 Å². The molecule has 0 unspecified atom stereocenters. The third-order valence-corrected chi connectivity index (χ3v) is 5.83. The zero-order valence-electron chi connectivity index (χ0n) is 17.5. The second kappa shape index (κ2) is 9.32. The molecule has 2 aromatic carbocycles. The summed E-state index contributed by atoms with van der Waals surface area (Å²) in [7, 11) is 3.40. The van der Waals surface area contributed by atoms with Gasteiger partial charge in [0.2, 0.25) is 0 Å². The molecule has 1 saturated heterocycles. The van der Waals surface area contributed by atoms with Crippen molar-refractivity contribution < 1.29 is 19.0 Å². The van der Waals surface area contributed by atoms with E-state index >= 15 is 0 Å². The Morgan fingerprint density at radius 1 is 1.03 bits per heavy atom. The fraction of sp³-hybridized carbons (Fsp3) is 0.375. The van der Waals surface area contributed by atoms with Crippen molar-refractivity contribution in [2.75, 3.05) is 32.2 Å². The molecule has 158 valence electrons. The van der Waals surface area contributed by atoms with Crippen LogP contribution in [0.2, 0.25) is 0 Å². The molecular weight excluding hydrogens is 380 g/mol. The lowest BCUT2D eigenvalue weighted by atomic mass is 9.95. The lowest BCUT2D eigenvalue weighted by Gasteiger charge is -2.36. The van der Waals surface area contributed by atoms with Crippen LogP contribution >= 0.6 is 0 Å². The molecule has 6 heteroatoms. The molecule has 0 amide bonds. The summed E-state index contributed by atoms with van der Waals surface area (Å²) in [6.07, 6.45) is 3.32. The summed E-state index contributed by atoms with van der Waals surface area (Å²) in [5.41, 5.74) is 2.99. The third kappa shape index (κ3) is 4.35. The number of hydrogen-bond acceptors (Lipinski definition) is 5. The largest absolute Gasteiger partial charge is 0.444 e. The Balaban J connectivity index is 1.42. The summed E-state index contributed by atoms with van der Waals surface area (Å²) in [5.74, 6) is 0.417. The molecule has 1 aromatic heterocycles. The molecule has 1 fully saturated rings. The number of fused-ring (bicyclic) bond motifs is 1. The average Bonchev–Trinajstić information content (AvgIpc) is 3.23. The van der Waals surface area contributed by atoms with E-state index in [4.69, 9.17) is 14.2 Å². The molecule has 0 atom stereocenters. The van der Waals surface area contributed by atoms with Gasteiger partial charge in [0.05, 0.1) is 5.52 Å². The lowest BCUT2D eigenvalue weighted by Crippen LogP contribution is -2.39. The van der Waals surface area contributed by atoms with Gasteiger partial charge in [0, 0.05) is 50.5 Å². The number of piperidine rings is 1. The summed E-state index contributed by atoms with van der Waals surface area (Å²) in [6.45, 7) is 2.18. The topological polar surface area (TPSA) is 52.9 Å². The number of hydrogen-bond donors (Lipinski definition) is 0. The van der Waals surface area contributed by atoms with Crippen molar-refractivity contribution in [2.45, 2.75) is 25.7 Å². The lowest BCUT2D eigenvalue weighted by molar-refractivity contribution is -0.141. The number of nitrogens with zero attached hydrogens (tertiary/aromatic N) is 2. The van der Waals surface area contributed by atoms with Crippen LogP contribution in [-0.2, 0) is 20.8 Å². The van der Waals surface area contributed by atoms with Crippen LogP contribution in [0, 0.1) is 5.92 Å². The first kappa shape index (κ1) is 20.4. The molecule has 4 rings (SSSR count). The van der Waals surface area contributed by atoms with E-state index in [9.17, 15) is 4.79 Å². The van der Waals surface area contributed by atoms with Gasteiger partial charge in [-0.15, -0.1) is 0 Å². The first-order valence-corrected chi connectivity index (χ1v) is 10.3. The van der Waals surface area contributed by atoms with Gasteiger partial charge in [-0.3, -0.25) is 4.57 Å². The molecular formula is C24H28N2O4. The highest BCUT2D eigenvalue weighted by atomic mass is 16.7. The molecule has 30 heavy (non-hydrogen) atoms. The zero-order chi connectivity index (χ0) is 20.9. The number of ether oxygens (including phenoxy) is 3. The fourth-order valence-corrected chi connectivity index (χ4v) is 4.19. The van der Waals surface area contributed by atoms with E-state index in [-0.39, 0.29) is 19.0 Å². The van der Waals surface area contributed by atoms with Gasteiger partial charge in [0.25, 0.3) is 0 Å². The average molecular weight is 408 g/mol. The van der Waals surface area contributed by atoms with Crippen LogP contribution in [0.5, 0.6) is 0 Å². The summed E-state index contributed by atoms with van der Waals surface area (Å²) < 4.78 is 17.9. The molecule has 6 nitrogen and oxygen atoms in total. The minimum absolute atomic E-state index is 0.134. The highest BCUT2D eigenvalue weighted by Gasteiger charge is 2.26. The number of rotatable bonds is 6. The van der Waals surface area contributed by atoms with Crippen molar-refractivity contribution >= 4 is 22.7 Å². The number of anilines is 1. The first-order chi connectivity index (χ1) is 14.7. The van der Waals surface area contributed by atoms with Crippen LogP contribution in [0.25, 0.3) is 10.9 Å². The molecule has 1 aliphatic rings. The summed E-state index contributed by atoms with van der Waals surface area (Å²) in [5, 5.41) is 1.03. The maximum absolute atomic E-state index is 12.5. The van der Waals surface area contributed by atoms with E-state index < -0.39 is 0 Å². The van der Waals surface area contributed by atoms with Crippen molar-refractivity contribution in [3.8, 4) is 0 Å². The number of methoxy groups -OCH3 is 2. The molecule has 0 saturated carbocycles. The maximum Gasteiger partial charge on any atom is 0.418 e. The van der Waals surface area contributed by atoms with Crippen molar-refractivity contribution in [2.24, 2.45) is 5.92 Å². The highest BCUT2D eigenvalue weighted by molar-refractivity contribution is 5.91. The predicted molar refractivity (Wildman–Crippen MR) is 117 cm³/mol. The van der Waals surface area contributed by atoms with E-state index in [1.165, 1.54) is 5.69 Å². The van der Waals surface area contributed by atoms with Crippen molar-refractivity contribution in [3.05, 3.63) is 66.4 Å². The summed E-state index contributed by atoms with van der Waals surface area (Å²) in [6, 6.07) is 17.9. The van der Waals surface area contributed by atoms with Crippen LogP contribution in [0.4, 0.5) is 10.5 Å². The maximum atomic E-state index is 12.5. The second-order valence-corrected chi connectivity index (χ2v) is 7.63. The summed E-state index contributed by atoms with van der Waals surface area (Å²) >= 11 is 0. The van der Waals surface area contributed by atoms with Gasteiger partial charge < -0.3 is 19.1 Å². The number of carbonyl (C=O) groups is 1. The normalized spacial score (nSPS) is 15.1. The van der Waals surface area contributed by atoms with Gasteiger partial charge in [-0.05, 0) is 42.7 Å². The van der Waals surface area contributed by atoms with Crippen molar-refractivity contribution in [1.29, 1.82) is 0 Å². The number of benzene rings is 2. The molecule has 0 radical (unpaired) electrons. The second-order valence-electron chi connectivity index (χ2n) is 7.63. The number of aromatic nitrogens is 1. The minimum Gasteiger partial charge on any atom is -0.444 e. The van der Waals surface area contributed by atoms with E-state index in [0.717, 1.165) is 42.4 Å². The third-order valence-electron chi connectivity index (χ3n) is 5.83. The molecule has 0 N–H and O–H groups in total. The van der Waals surface area contributed by atoms with Crippen LogP contribution in [0.15, 0.2) is 60.8 Å². The van der Waals surface area contributed by atoms with Gasteiger partial charge in [0.15, 0.2) is 6.29 Å². The molecule has 1 aliphatic heterocycles. The van der Waals surface area contributed by atoms with E-state index in [1.807, 2.05) is 42.5 Å². The van der Waals surface area contributed by atoms with Crippen LogP contribution in [0.1, 0.15) is 18.4 Å². The molecule has 0 bridgehead atoms. The van der Waals surface area contributed by atoms with Crippen molar-refractivity contribution in [1.82, 2.24) is 4.57 Å². The van der Waals surface area contributed by atoms with Crippen LogP contribution in [0.3, 0.4) is 0 Å². The highest BCUT2D eigenvalue weighted by Crippen LogP contribution is 2.29. The Hall–Kier alpha value is -2.83. The smallest absolute Gasteiger partial charge is 0.418 e. The van der Waals surface area contributed by atoms with Gasteiger partial charge in [-0.25, -0.2) is 4.79 Å². The Morgan fingerprint density at radius 2 is 1.77 bits per heavy atom. The van der Waals surface area contributed by atoms with Gasteiger partial charge in [-0.1, -0.05) is 30.3 Å². The van der Waals surface area contributed by atoms with Gasteiger partial charge in [0.1, 0.15) is 6.61 Å². The van der Waals surface area contributed by atoms with Crippen LogP contribution in [-0.4, -0.2) is 44.3 Å². The SMILES string of the molecule is COC(OC)C1CCN(c2ccc3c(ccn3C(=O)OCc3ccccc3)c2)CC1.